The lowest BCUT2D eigenvalue weighted by atomic mass is 9.91. The zero-order valence-electron chi connectivity index (χ0n) is 7.97. The molecule has 2 heteroatoms. The lowest BCUT2D eigenvalue weighted by molar-refractivity contribution is 0.00578. The van der Waals surface area contributed by atoms with Gasteiger partial charge in [0.15, 0.2) is 0 Å². The average molecular weight is 170 g/mol. The highest BCUT2D eigenvalue weighted by Crippen LogP contribution is 2.30. The Bertz CT molecular complexity index is 175. The number of hydrogen-bond acceptors (Lipinski definition) is 2. The molecule has 0 aromatic rings. The zero-order chi connectivity index (χ0) is 9.03. The molecule has 12 heavy (non-hydrogen) atoms. The molecule has 0 aromatic carbocycles. The Morgan fingerprint density at radius 2 is 2.42 bits per heavy atom. The zero-order valence-corrected chi connectivity index (χ0v) is 7.97. The van der Waals surface area contributed by atoms with E-state index < -0.39 is 0 Å². The molecular weight excluding hydrogens is 152 g/mol. The van der Waals surface area contributed by atoms with Gasteiger partial charge < -0.3 is 9.84 Å². The van der Waals surface area contributed by atoms with Crippen molar-refractivity contribution in [1.82, 2.24) is 0 Å². The third-order valence-electron chi connectivity index (χ3n) is 2.46. The summed E-state index contributed by atoms with van der Waals surface area (Å²) in [6.45, 7) is 4.47. The van der Waals surface area contributed by atoms with Gasteiger partial charge in [-0.1, -0.05) is 0 Å². The van der Waals surface area contributed by atoms with Crippen LogP contribution in [0, 0.1) is 0 Å². The maximum Gasteiger partial charge on any atom is 0.106 e. The molecule has 1 rings (SSSR count). The van der Waals surface area contributed by atoms with E-state index in [1.165, 1.54) is 5.57 Å². The second kappa shape index (κ2) is 3.94. The van der Waals surface area contributed by atoms with Crippen LogP contribution in [0.5, 0.6) is 0 Å². The SMILES string of the molecule is CC1=COC(C)(CCCO)CC1. The van der Waals surface area contributed by atoms with Gasteiger partial charge in [0, 0.05) is 6.61 Å². The van der Waals surface area contributed by atoms with Crippen molar-refractivity contribution in [2.24, 2.45) is 0 Å². The highest BCUT2D eigenvalue weighted by Gasteiger charge is 2.26. The Kier molecular flexibility index (Phi) is 3.15. The van der Waals surface area contributed by atoms with E-state index in [0.717, 1.165) is 25.7 Å². The number of aliphatic hydroxyl groups excluding tert-OH is 1. The quantitative estimate of drug-likeness (QED) is 0.703. The van der Waals surface area contributed by atoms with E-state index in [1.54, 1.807) is 0 Å². The second-order valence-electron chi connectivity index (χ2n) is 3.86. The number of allylic oxidation sites excluding steroid dienone is 1. The van der Waals surface area contributed by atoms with Crippen molar-refractivity contribution in [2.75, 3.05) is 6.61 Å². The Morgan fingerprint density at radius 3 is 2.92 bits per heavy atom. The van der Waals surface area contributed by atoms with E-state index in [9.17, 15) is 0 Å². The highest BCUT2D eigenvalue weighted by atomic mass is 16.5. The van der Waals surface area contributed by atoms with Crippen LogP contribution in [0.25, 0.3) is 0 Å². The molecule has 0 saturated carbocycles. The standard InChI is InChI=1S/C10H18O2/c1-9-4-6-10(2,12-8-9)5-3-7-11/h8,11H,3-7H2,1-2H3. The summed E-state index contributed by atoms with van der Waals surface area (Å²) in [5.74, 6) is 0. The molecule has 1 aliphatic rings. The second-order valence-corrected chi connectivity index (χ2v) is 3.86. The largest absolute Gasteiger partial charge is 0.495 e. The van der Waals surface area contributed by atoms with Crippen LogP contribution >= 0.6 is 0 Å². The average Bonchev–Trinajstić information content (AvgIpc) is 2.08. The summed E-state index contributed by atoms with van der Waals surface area (Å²) in [5.41, 5.74) is 1.29. The van der Waals surface area contributed by atoms with E-state index in [1.807, 2.05) is 6.26 Å². The van der Waals surface area contributed by atoms with Crippen LogP contribution in [-0.4, -0.2) is 17.3 Å². The van der Waals surface area contributed by atoms with Gasteiger partial charge in [-0.25, -0.2) is 0 Å². The summed E-state index contributed by atoms with van der Waals surface area (Å²) in [5, 5.41) is 8.69. The van der Waals surface area contributed by atoms with E-state index in [-0.39, 0.29) is 12.2 Å². The van der Waals surface area contributed by atoms with Crippen molar-refractivity contribution in [3.05, 3.63) is 11.8 Å². The van der Waals surface area contributed by atoms with Crippen LogP contribution in [0.4, 0.5) is 0 Å². The van der Waals surface area contributed by atoms with Gasteiger partial charge in [-0.15, -0.1) is 0 Å². The van der Waals surface area contributed by atoms with Gasteiger partial charge in [-0.2, -0.15) is 0 Å². The molecule has 0 bridgehead atoms. The monoisotopic (exact) mass is 170 g/mol. The lowest BCUT2D eigenvalue weighted by Crippen LogP contribution is -2.29. The summed E-state index contributed by atoms with van der Waals surface area (Å²) >= 11 is 0. The Labute approximate surface area is 74.2 Å². The summed E-state index contributed by atoms with van der Waals surface area (Å²) in [6.07, 6.45) is 5.86. The molecule has 0 aromatic heterocycles. The summed E-state index contributed by atoms with van der Waals surface area (Å²) < 4.78 is 5.61. The maximum atomic E-state index is 8.69. The topological polar surface area (TPSA) is 29.5 Å². The van der Waals surface area contributed by atoms with Crippen molar-refractivity contribution < 1.29 is 9.84 Å². The summed E-state index contributed by atoms with van der Waals surface area (Å²) in [4.78, 5) is 0. The molecule has 1 heterocycles. The predicted molar refractivity (Wildman–Crippen MR) is 48.8 cm³/mol. The molecule has 0 aliphatic carbocycles. The Hall–Kier alpha value is -0.500. The van der Waals surface area contributed by atoms with Gasteiger partial charge >= 0.3 is 0 Å². The van der Waals surface area contributed by atoms with Crippen LogP contribution in [0.2, 0.25) is 0 Å². The van der Waals surface area contributed by atoms with Crippen LogP contribution in [0.15, 0.2) is 11.8 Å². The smallest absolute Gasteiger partial charge is 0.106 e. The number of ether oxygens (including phenoxy) is 1. The minimum absolute atomic E-state index is 0.0256. The molecule has 1 aliphatic heterocycles. The predicted octanol–water partition coefficient (Wildman–Crippen LogP) is 2.23. The third kappa shape index (κ3) is 2.52. The van der Waals surface area contributed by atoms with Gasteiger partial charge in [-0.05, 0) is 45.1 Å². The van der Waals surface area contributed by atoms with Crippen molar-refractivity contribution in [1.29, 1.82) is 0 Å². The van der Waals surface area contributed by atoms with Gasteiger partial charge in [0.25, 0.3) is 0 Å². The van der Waals surface area contributed by atoms with E-state index in [0.29, 0.717) is 0 Å². The lowest BCUT2D eigenvalue weighted by Gasteiger charge is -2.32. The molecule has 1 unspecified atom stereocenters. The van der Waals surface area contributed by atoms with Crippen molar-refractivity contribution in [3.63, 3.8) is 0 Å². The number of hydrogen-bond donors (Lipinski definition) is 1. The first kappa shape index (κ1) is 9.59. The minimum atomic E-state index is -0.0256. The molecular formula is C10H18O2. The molecule has 0 amide bonds. The fourth-order valence-corrected chi connectivity index (χ4v) is 1.46. The van der Waals surface area contributed by atoms with Crippen molar-refractivity contribution in [2.45, 2.75) is 45.1 Å². The highest BCUT2D eigenvalue weighted by molar-refractivity contribution is 5.00. The van der Waals surface area contributed by atoms with Crippen molar-refractivity contribution >= 4 is 0 Å². The first-order chi connectivity index (χ1) is 5.66. The fourth-order valence-electron chi connectivity index (χ4n) is 1.46. The molecule has 0 spiro atoms. The number of rotatable bonds is 3. The van der Waals surface area contributed by atoms with Gasteiger partial charge in [-0.3, -0.25) is 0 Å². The van der Waals surface area contributed by atoms with Crippen LogP contribution in [0.3, 0.4) is 0 Å². The minimum Gasteiger partial charge on any atom is -0.495 e. The normalized spacial score (nSPS) is 29.4. The van der Waals surface area contributed by atoms with E-state index in [4.69, 9.17) is 9.84 Å². The van der Waals surface area contributed by atoms with Crippen LogP contribution in [-0.2, 0) is 4.74 Å². The van der Waals surface area contributed by atoms with Crippen molar-refractivity contribution in [3.8, 4) is 0 Å². The van der Waals surface area contributed by atoms with Gasteiger partial charge in [0.1, 0.15) is 5.60 Å². The molecule has 2 nitrogen and oxygen atoms in total. The molecule has 0 saturated heterocycles. The molecule has 0 radical (unpaired) electrons. The summed E-state index contributed by atoms with van der Waals surface area (Å²) in [7, 11) is 0. The number of aliphatic hydroxyl groups is 1. The van der Waals surface area contributed by atoms with E-state index >= 15 is 0 Å². The van der Waals surface area contributed by atoms with Gasteiger partial charge in [0.05, 0.1) is 6.26 Å². The van der Waals surface area contributed by atoms with Crippen LogP contribution < -0.4 is 0 Å². The Balaban J connectivity index is 2.40. The molecule has 1 N–H and O–H groups in total. The first-order valence-corrected chi connectivity index (χ1v) is 4.61. The van der Waals surface area contributed by atoms with Gasteiger partial charge in [0.2, 0.25) is 0 Å². The van der Waals surface area contributed by atoms with E-state index in [2.05, 4.69) is 13.8 Å². The molecule has 1 atom stereocenters. The van der Waals surface area contributed by atoms with Crippen LogP contribution in [0.1, 0.15) is 39.5 Å². The molecule has 70 valence electrons. The fraction of sp³-hybridized carbons (Fsp3) is 0.800. The molecule has 0 fully saturated rings. The maximum absolute atomic E-state index is 8.69. The summed E-state index contributed by atoms with van der Waals surface area (Å²) in [6, 6.07) is 0. The first-order valence-electron chi connectivity index (χ1n) is 4.61. The third-order valence-corrected chi connectivity index (χ3v) is 2.46. The Morgan fingerprint density at radius 1 is 1.67 bits per heavy atom.